The third kappa shape index (κ3) is 3.24. The molecule has 0 fully saturated rings. The Bertz CT molecular complexity index is 396. The molecule has 0 aliphatic heterocycles. The van der Waals surface area contributed by atoms with E-state index in [0.717, 1.165) is 0 Å². The van der Waals surface area contributed by atoms with E-state index < -0.39 is 10.7 Å². The molecule has 15 heavy (non-hydrogen) atoms. The first-order chi connectivity index (χ1) is 6.91. The summed E-state index contributed by atoms with van der Waals surface area (Å²) in [5, 5.41) is 10.7. The first-order valence-electron chi connectivity index (χ1n) is 4.18. The van der Waals surface area contributed by atoms with Gasteiger partial charge in [0.15, 0.2) is 0 Å². The predicted octanol–water partition coefficient (Wildman–Crippen LogP) is 3.82. The fraction of sp³-hybridized carbons (Fsp3) is 0.333. The van der Waals surface area contributed by atoms with E-state index >= 15 is 0 Å². The van der Waals surface area contributed by atoms with E-state index in [1.807, 2.05) is 6.92 Å². The highest BCUT2D eigenvalue weighted by Gasteiger charge is 2.18. The summed E-state index contributed by atoms with van der Waals surface area (Å²) in [6, 6.07) is 2.39. The van der Waals surface area contributed by atoms with Crippen LogP contribution in [-0.4, -0.2) is 9.75 Å². The number of nitro benzene ring substituents is 1. The lowest BCUT2D eigenvalue weighted by atomic mass is 10.1. The Labute approximate surface area is 103 Å². The van der Waals surface area contributed by atoms with E-state index in [0.29, 0.717) is 12.0 Å². The summed E-state index contributed by atoms with van der Waals surface area (Å²) in [6.07, 6.45) is 0.417. The van der Waals surface area contributed by atoms with Gasteiger partial charge in [0.2, 0.25) is 0 Å². The number of nitro groups is 1. The molecule has 1 rings (SSSR count). The molecule has 0 aliphatic rings. The molecule has 0 spiro atoms. The second-order valence-electron chi connectivity index (χ2n) is 3.14. The summed E-state index contributed by atoms with van der Waals surface area (Å²) < 4.78 is 13.3. The van der Waals surface area contributed by atoms with Crippen LogP contribution >= 0.6 is 31.9 Å². The Hall–Kier alpha value is -0.490. The molecule has 0 heterocycles. The zero-order valence-corrected chi connectivity index (χ0v) is 11.0. The Morgan fingerprint density at radius 2 is 2.20 bits per heavy atom. The van der Waals surface area contributed by atoms with Crippen LogP contribution in [0.15, 0.2) is 16.6 Å². The lowest BCUT2D eigenvalue weighted by Crippen LogP contribution is -2.02. The van der Waals surface area contributed by atoms with Crippen LogP contribution in [0, 0.1) is 15.9 Å². The van der Waals surface area contributed by atoms with Crippen molar-refractivity contribution in [2.45, 2.75) is 18.2 Å². The molecule has 0 saturated carbocycles. The van der Waals surface area contributed by atoms with Crippen LogP contribution in [-0.2, 0) is 6.42 Å². The van der Waals surface area contributed by atoms with Crippen molar-refractivity contribution in [1.29, 1.82) is 0 Å². The molecular formula is C9H8Br2FNO2. The van der Waals surface area contributed by atoms with Gasteiger partial charge in [0.25, 0.3) is 5.69 Å². The van der Waals surface area contributed by atoms with Crippen molar-refractivity contribution in [3.63, 3.8) is 0 Å². The predicted molar refractivity (Wildman–Crippen MR) is 62.8 cm³/mol. The largest absolute Gasteiger partial charge is 0.273 e. The number of hydrogen-bond donors (Lipinski definition) is 0. The molecule has 0 aromatic heterocycles. The maximum atomic E-state index is 13.2. The van der Waals surface area contributed by atoms with E-state index in [-0.39, 0.29) is 15.0 Å². The Morgan fingerprint density at radius 3 is 2.67 bits per heavy atom. The Kier molecular flexibility index (Phi) is 4.21. The van der Waals surface area contributed by atoms with Crippen molar-refractivity contribution < 1.29 is 9.31 Å². The summed E-state index contributed by atoms with van der Waals surface area (Å²) in [4.78, 5) is 10.3. The molecule has 0 aliphatic carbocycles. The summed E-state index contributed by atoms with van der Waals surface area (Å²) in [7, 11) is 0. The standard InChI is InChI=1S/C9H8Br2FNO2/c1-5(10)2-6-3-8(12)7(11)4-9(6)13(14)15/h3-5H,2H2,1H3. The number of hydrogen-bond acceptors (Lipinski definition) is 2. The minimum Gasteiger partial charge on any atom is -0.258 e. The van der Waals surface area contributed by atoms with Crippen molar-refractivity contribution >= 4 is 37.5 Å². The van der Waals surface area contributed by atoms with Gasteiger partial charge in [0.1, 0.15) is 5.82 Å². The molecular weight excluding hydrogens is 333 g/mol. The van der Waals surface area contributed by atoms with Gasteiger partial charge in [0, 0.05) is 16.5 Å². The first-order valence-corrected chi connectivity index (χ1v) is 5.89. The molecule has 0 saturated heterocycles. The normalized spacial score (nSPS) is 12.5. The summed E-state index contributed by atoms with van der Waals surface area (Å²) >= 11 is 6.20. The molecule has 0 bridgehead atoms. The number of alkyl halides is 1. The smallest absolute Gasteiger partial charge is 0.258 e. The SMILES string of the molecule is CC(Br)Cc1cc(F)c(Br)cc1[N+](=O)[O-]. The second kappa shape index (κ2) is 5.03. The van der Waals surface area contributed by atoms with Crippen LogP contribution < -0.4 is 0 Å². The van der Waals surface area contributed by atoms with Gasteiger partial charge in [-0.05, 0) is 28.4 Å². The van der Waals surface area contributed by atoms with Gasteiger partial charge in [-0.1, -0.05) is 22.9 Å². The number of rotatable bonds is 3. The van der Waals surface area contributed by atoms with Gasteiger partial charge in [-0.2, -0.15) is 0 Å². The van der Waals surface area contributed by atoms with Gasteiger partial charge in [0.05, 0.1) is 9.40 Å². The number of benzene rings is 1. The van der Waals surface area contributed by atoms with Gasteiger partial charge in [-0.3, -0.25) is 10.1 Å². The third-order valence-corrected chi connectivity index (χ3v) is 2.75. The highest BCUT2D eigenvalue weighted by Crippen LogP contribution is 2.28. The first kappa shape index (κ1) is 12.6. The van der Waals surface area contributed by atoms with Crippen molar-refractivity contribution in [1.82, 2.24) is 0 Å². The van der Waals surface area contributed by atoms with Crippen LogP contribution in [0.25, 0.3) is 0 Å². The molecule has 3 nitrogen and oxygen atoms in total. The van der Waals surface area contributed by atoms with Crippen LogP contribution in [0.1, 0.15) is 12.5 Å². The summed E-state index contributed by atoms with van der Waals surface area (Å²) in [5.74, 6) is -0.483. The molecule has 1 unspecified atom stereocenters. The zero-order valence-electron chi connectivity index (χ0n) is 7.84. The van der Waals surface area contributed by atoms with Crippen molar-refractivity contribution in [2.24, 2.45) is 0 Å². The second-order valence-corrected chi connectivity index (χ2v) is 5.55. The maximum Gasteiger partial charge on any atom is 0.273 e. The lowest BCUT2D eigenvalue weighted by molar-refractivity contribution is -0.385. The molecule has 1 atom stereocenters. The zero-order chi connectivity index (χ0) is 11.6. The molecule has 82 valence electrons. The average Bonchev–Trinajstić information content (AvgIpc) is 2.09. The van der Waals surface area contributed by atoms with E-state index in [1.165, 1.54) is 12.1 Å². The van der Waals surface area contributed by atoms with Crippen LogP contribution in [0.3, 0.4) is 0 Å². The minimum absolute atomic E-state index is 0.0606. The quantitative estimate of drug-likeness (QED) is 0.477. The number of halogens is 3. The molecule has 1 aromatic rings. The lowest BCUT2D eigenvalue weighted by Gasteiger charge is -2.05. The highest BCUT2D eigenvalue weighted by molar-refractivity contribution is 9.10. The monoisotopic (exact) mass is 339 g/mol. The fourth-order valence-electron chi connectivity index (χ4n) is 1.21. The molecule has 0 radical (unpaired) electrons. The highest BCUT2D eigenvalue weighted by atomic mass is 79.9. The molecule has 0 amide bonds. The van der Waals surface area contributed by atoms with E-state index in [9.17, 15) is 14.5 Å². The van der Waals surface area contributed by atoms with Crippen molar-refractivity contribution in [2.75, 3.05) is 0 Å². The summed E-state index contributed by atoms with van der Waals surface area (Å²) in [6.45, 7) is 1.85. The maximum absolute atomic E-state index is 13.2. The van der Waals surface area contributed by atoms with Crippen LogP contribution in [0.5, 0.6) is 0 Å². The average molecular weight is 341 g/mol. The van der Waals surface area contributed by atoms with E-state index in [1.54, 1.807) is 0 Å². The van der Waals surface area contributed by atoms with Crippen molar-refractivity contribution in [3.05, 3.63) is 38.1 Å². The number of nitrogens with zero attached hydrogens (tertiary/aromatic N) is 1. The molecule has 6 heteroatoms. The molecule has 0 N–H and O–H groups in total. The van der Waals surface area contributed by atoms with E-state index in [2.05, 4.69) is 31.9 Å². The van der Waals surface area contributed by atoms with Crippen LogP contribution in [0.2, 0.25) is 0 Å². The van der Waals surface area contributed by atoms with Crippen LogP contribution in [0.4, 0.5) is 10.1 Å². The summed E-state index contributed by atoms with van der Waals surface area (Å²) in [5.41, 5.74) is 0.333. The van der Waals surface area contributed by atoms with Gasteiger partial charge in [-0.15, -0.1) is 0 Å². The minimum atomic E-state index is -0.505. The van der Waals surface area contributed by atoms with E-state index in [4.69, 9.17) is 0 Å². The Balaban J connectivity index is 3.22. The Morgan fingerprint density at radius 1 is 1.60 bits per heavy atom. The fourth-order valence-corrected chi connectivity index (χ4v) is 1.89. The van der Waals surface area contributed by atoms with Gasteiger partial charge in [-0.25, -0.2) is 4.39 Å². The third-order valence-electron chi connectivity index (χ3n) is 1.82. The molecule has 1 aromatic carbocycles. The van der Waals surface area contributed by atoms with Crippen molar-refractivity contribution in [3.8, 4) is 0 Å². The van der Waals surface area contributed by atoms with Gasteiger partial charge < -0.3 is 0 Å². The topological polar surface area (TPSA) is 43.1 Å². The van der Waals surface area contributed by atoms with Gasteiger partial charge >= 0.3 is 0 Å².